The zero-order chi connectivity index (χ0) is 13.7. The maximum absolute atomic E-state index is 11.8. The van der Waals surface area contributed by atoms with Gasteiger partial charge in [-0.25, -0.2) is 4.79 Å². The predicted octanol–water partition coefficient (Wildman–Crippen LogP) is 0.986. The van der Waals surface area contributed by atoms with Gasteiger partial charge in [0.15, 0.2) is 5.78 Å². The molecular weight excluding hydrogens is 238 g/mol. The Hall–Kier alpha value is -1.59. The molecule has 1 aliphatic rings. The Morgan fingerprint density at radius 3 is 2.44 bits per heavy atom. The second-order valence-corrected chi connectivity index (χ2v) is 4.08. The van der Waals surface area contributed by atoms with Gasteiger partial charge in [-0.1, -0.05) is 0 Å². The van der Waals surface area contributed by atoms with Crippen LogP contribution in [-0.4, -0.2) is 48.5 Å². The van der Waals surface area contributed by atoms with Gasteiger partial charge in [0.05, 0.1) is 19.3 Å². The van der Waals surface area contributed by atoms with Crippen molar-refractivity contribution in [3.63, 3.8) is 0 Å². The van der Waals surface area contributed by atoms with Crippen LogP contribution >= 0.6 is 0 Å². The van der Waals surface area contributed by atoms with E-state index in [1.807, 2.05) is 0 Å². The number of esters is 1. The van der Waals surface area contributed by atoms with Crippen LogP contribution in [-0.2, 0) is 19.1 Å². The molecule has 0 aromatic rings. The molecule has 6 nitrogen and oxygen atoms in total. The minimum Gasteiger partial charge on any atom is -0.465 e. The highest BCUT2D eigenvalue weighted by atomic mass is 16.6. The summed E-state index contributed by atoms with van der Waals surface area (Å²) in [5.74, 6) is -1.64. The lowest BCUT2D eigenvalue weighted by Crippen LogP contribution is -2.53. The number of rotatable bonds is 3. The average molecular weight is 257 g/mol. The summed E-state index contributed by atoms with van der Waals surface area (Å²) in [5, 5.41) is 0. The van der Waals surface area contributed by atoms with Crippen LogP contribution in [0, 0.1) is 5.92 Å². The van der Waals surface area contributed by atoms with E-state index >= 15 is 0 Å². The van der Waals surface area contributed by atoms with E-state index < -0.39 is 24.0 Å². The van der Waals surface area contributed by atoms with E-state index in [2.05, 4.69) is 0 Å². The summed E-state index contributed by atoms with van der Waals surface area (Å²) < 4.78 is 9.77. The molecule has 0 aromatic heterocycles. The normalized spacial score (nSPS) is 23.7. The minimum absolute atomic E-state index is 0.159. The lowest BCUT2D eigenvalue weighted by atomic mass is 9.89. The number of piperidine rings is 1. The summed E-state index contributed by atoms with van der Waals surface area (Å²) in [6.07, 6.45) is -0.334. The third-order valence-electron chi connectivity index (χ3n) is 2.96. The predicted molar refractivity (Wildman–Crippen MR) is 62.9 cm³/mol. The Labute approximate surface area is 106 Å². The smallest absolute Gasteiger partial charge is 0.410 e. The van der Waals surface area contributed by atoms with Gasteiger partial charge in [-0.3, -0.25) is 9.59 Å². The Bertz CT molecular complexity index is 341. The van der Waals surface area contributed by atoms with Crippen molar-refractivity contribution < 1.29 is 23.9 Å². The van der Waals surface area contributed by atoms with Crippen LogP contribution in [0.15, 0.2) is 0 Å². The molecule has 6 heteroatoms. The number of hydrogen-bond acceptors (Lipinski definition) is 5. The molecule has 1 aliphatic heterocycles. The Balaban J connectivity index is 2.80. The molecule has 0 aromatic carbocycles. The third-order valence-corrected chi connectivity index (χ3v) is 2.96. The average Bonchev–Trinajstić information content (AvgIpc) is 2.29. The molecule has 0 radical (unpaired) electrons. The van der Waals surface area contributed by atoms with E-state index in [9.17, 15) is 14.4 Å². The molecule has 1 saturated heterocycles. The first kappa shape index (κ1) is 14.5. The fraction of sp³-hybridized carbons (Fsp3) is 0.750. The minimum atomic E-state index is -0.900. The van der Waals surface area contributed by atoms with E-state index in [-0.39, 0.29) is 32.0 Å². The van der Waals surface area contributed by atoms with Crippen molar-refractivity contribution in [2.24, 2.45) is 5.92 Å². The Kier molecular flexibility index (Phi) is 5.12. The number of ketones is 1. The van der Waals surface area contributed by atoms with Gasteiger partial charge in [-0.15, -0.1) is 0 Å². The number of carbonyl (C=O) groups excluding carboxylic acids is 3. The summed E-state index contributed by atoms with van der Waals surface area (Å²) in [5.41, 5.74) is 0. The number of Topliss-reactive ketones (excluding diaryl/α,β-unsaturated/α-hetero) is 1. The molecular formula is C12H19NO5. The molecule has 18 heavy (non-hydrogen) atoms. The first-order chi connectivity index (χ1) is 8.52. The van der Waals surface area contributed by atoms with Crippen molar-refractivity contribution in [2.45, 2.75) is 33.2 Å². The van der Waals surface area contributed by atoms with Gasteiger partial charge in [0.2, 0.25) is 0 Å². The maximum Gasteiger partial charge on any atom is 0.410 e. The quantitative estimate of drug-likeness (QED) is 0.556. The summed E-state index contributed by atoms with van der Waals surface area (Å²) >= 11 is 0. The van der Waals surface area contributed by atoms with E-state index in [1.165, 1.54) is 4.90 Å². The van der Waals surface area contributed by atoms with Crippen molar-refractivity contribution in [2.75, 3.05) is 19.8 Å². The van der Waals surface area contributed by atoms with Crippen molar-refractivity contribution in [3.05, 3.63) is 0 Å². The number of ether oxygens (including phenoxy) is 2. The molecule has 0 bridgehead atoms. The third kappa shape index (κ3) is 3.00. The van der Waals surface area contributed by atoms with Gasteiger partial charge in [0.25, 0.3) is 0 Å². The van der Waals surface area contributed by atoms with Crippen LogP contribution in [0.4, 0.5) is 4.79 Å². The van der Waals surface area contributed by atoms with Crippen molar-refractivity contribution in [3.8, 4) is 0 Å². The van der Waals surface area contributed by atoms with E-state index in [0.29, 0.717) is 0 Å². The maximum atomic E-state index is 11.8. The fourth-order valence-electron chi connectivity index (χ4n) is 2.06. The zero-order valence-electron chi connectivity index (χ0n) is 11.0. The van der Waals surface area contributed by atoms with E-state index in [4.69, 9.17) is 9.47 Å². The van der Waals surface area contributed by atoms with Crippen molar-refractivity contribution in [1.82, 2.24) is 4.90 Å². The first-order valence-corrected chi connectivity index (χ1v) is 6.15. The highest BCUT2D eigenvalue weighted by Gasteiger charge is 2.42. The van der Waals surface area contributed by atoms with E-state index in [0.717, 1.165) is 0 Å². The molecule has 1 heterocycles. The number of hydrogen-bond donors (Lipinski definition) is 0. The summed E-state index contributed by atoms with van der Waals surface area (Å²) in [4.78, 5) is 36.6. The highest BCUT2D eigenvalue weighted by Crippen LogP contribution is 2.22. The highest BCUT2D eigenvalue weighted by molar-refractivity contribution is 6.01. The number of likely N-dealkylation sites (tertiary alicyclic amines) is 1. The Morgan fingerprint density at radius 2 is 1.89 bits per heavy atom. The monoisotopic (exact) mass is 257 g/mol. The fourth-order valence-corrected chi connectivity index (χ4v) is 2.06. The molecule has 2 atom stereocenters. The zero-order valence-corrected chi connectivity index (χ0v) is 11.0. The number of carbonyl (C=O) groups is 3. The van der Waals surface area contributed by atoms with Gasteiger partial charge in [-0.05, 0) is 20.8 Å². The van der Waals surface area contributed by atoms with Gasteiger partial charge in [-0.2, -0.15) is 0 Å². The summed E-state index contributed by atoms with van der Waals surface area (Å²) in [7, 11) is 0. The molecule has 102 valence electrons. The Morgan fingerprint density at radius 1 is 1.28 bits per heavy atom. The second kappa shape index (κ2) is 6.37. The molecule has 0 aliphatic carbocycles. The van der Waals surface area contributed by atoms with Gasteiger partial charge < -0.3 is 14.4 Å². The van der Waals surface area contributed by atoms with Gasteiger partial charge in [0, 0.05) is 13.0 Å². The van der Waals surface area contributed by atoms with Crippen LogP contribution in [0.1, 0.15) is 27.2 Å². The molecule has 0 saturated carbocycles. The topological polar surface area (TPSA) is 72.9 Å². The molecule has 0 spiro atoms. The van der Waals surface area contributed by atoms with Crippen LogP contribution < -0.4 is 0 Å². The van der Waals surface area contributed by atoms with E-state index in [1.54, 1.807) is 20.8 Å². The van der Waals surface area contributed by atoms with Crippen LogP contribution in [0.2, 0.25) is 0 Å². The second-order valence-electron chi connectivity index (χ2n) is 4.08. The summed E-state index contributed by atoms with van der Waals surface area (Å²) in [6, 6.07) is -0.524. The molecule has 1 rings (SSSR count). The number of amides is 1. The first-order valence-electron chi connectivity index (χ1n) is 6.15. The number of nitrogens with zero attached hydrogens (tertiary/aromatic N) is 1. The molecule has 2 unspecified atom stereocenters. The van der Waals surface area contributed by atoms with Crippen molar-refractivity contribution in [1.29, 1.82) is 0 Å². The molecule has 1 fully saturated rings. The largest absolute Gasteiger partial charge is 0.465 e. The summed E-state index contributed by atoms with van der Waals surface area (Å²) in [6.45, 7) is 5.82. The van der Waals surface area contributed by atoms with Crippen molar-refractivity contribution >= 4 is 17.8 Å². The van der Waals surface area contributed by atoms with Crippen LogP contribution in [0.3, 0.4) is 0 Å². The molecule has 1 amide bonds. The standard InChI is InChI=1S/C12H19NO5/c1-4-17-11(15)10-8(3)13(7-6-9(10)14)12(16)18-5-2/h8,10H,4-7H2,1-3H3. The van der Waals surface area contributed by atoms with Crippen LogP contribution in [0.5, 0.6) is 0 Å². The van der Waals surface area contributed by atoms with Crippen LogP contribution in [0.25, 0.3) is 0 Å². The lowest BCUT2D eigenvalue weighted by Gasteiger charge is -2.36. The van der Waals surface area contributed by atoms with Gasteiger partial charge >= 0.3 is 12.1 Å². The SMILES string of the molecule is CCOC(=O)C1C(=O)CCN(C(=O)OCC)C1C. The molecule has 0 N–H and O–H groups in total. The van der Waals surface area contributed by atoms with Gasteiger partial charge in [0.1, 0.15) is 5.92 Å². The lowest BCUT2D eigenvalue weighted by molar-refractivity contribution is -0.155.